The molecular formula is C17H21BrClNO2S. The lowest BCUT2D eigenvalue weighted by atomic mass is 10.1. The normalized spacial score (nSPS) is 14.2. The zero-order valence-electron chi connectivity index (χ0n) is 13.2. The van der Waals surface area contributed by atoms with Crippen molar-refractivity contribution >= 4 is 38.9 Å². The number of hydrogen-bond donors (Lipinski definition) is 1. The van der Waals surface area contributed by atoms with Crippen molar-refractivity contribution in [2.75, 3.05) is 20.2 Å². The number of likely N-dealkylation sites (N-methyl/N-ethyl adjacent to an activating group) is 1. The molecule has 1 aromatic carbocycles. The number of benzene rings is 1. The predicted octanol–water partition coefficient (Wildman–Crippen LogP) is 4.73. The van der Waals surface area contributed by atoms with Crippen molar-refractivity contribution in [3.05, 3.63) is 55.6 Å². The zero-order valence-corrected chi connectivity index (χ0v) is 16.4. The van der Waals surface area contributed by atoms with Gasteiger partial charge in [0.15, 0.2) is 0 Å². The van der Waals surface area contributed by atoms with E-state index in [4.69, 9.17) is 16.3 Å². The van der Waals surface area contributed by atoms with Crippen molar-refractivity contribution in [1.82, 2.24) is 4.90 Å². The van der Waals surface area contributed by atoms with E-state index >= 15 is 0 Å². The second-order valence-electron chi connectivity index (χ2n) is 5.58. The molecule has 0 aliphatic carbocycles. The van der Waals surface area contributed by atoms with Crippen molar-refractivity contribution in [3.8, 4) is 0 Å². The number of thiophene rings is 1. The maximum Gasteiger partial charge on any atom is 0.0900 e. The first kappa shape index (κ1) is 18.9. The van der Waals surface area contributed by atoms with Gasteiger partial charge in [0.1, 0.15) is 0 Å². The molecule has 2 aromatic rings. The summed E-state index contributed by atoms with van der Waals surface area (Å²) < 4.78 is 6.89. The summed E-state index contributed by atoms with van der Waals surface area (Å²) in [6, 6.07) is 11.7. The molecule has 1 N–H and O–H groups in total. The van der Waals surface area contributed by atoms with Gasteiger partial charge < -0.3 is 9.84 Å². The lowest BCUT2D eigenvalue weighted by molar-refractivity contribution is -0.0137. The Hall–Kier alpha value is -0.430. The van der Waals surface area contributed by atoms with Crippen LogP contribution in [0.4, 0.5) is 0 Å². The molecule has 1 heterocycles. The van der Waals surface area contributed by atoms with Crippen LogP contribution in [0.3, 0.4) is 0 Å². The average Bonchev–Trinajstić information content (AvgIpc) is 2.90. The molecule has 0 aliphatic heterocycles. The Kier molecular flexibility index (Phi) is 7.53. The first-order valence-electron chi connectivity index (χ1n) is 7.42. The van der Waals surface area contributed by atoms with E-state index in [0.29, 0.717) is 18.2 Å². The van der Waals surface area contributed by atoms with E-state index < -0.39 is 6.10 Å². The number of ether oxygens (including phenoxy) is 1. The molecule has 126 valence electrons. The molecule has 6 heteroatoms. The summed E-state index contributed by atoms with van der Waals surface area (Å²) in [6.07, 6.45) is -0.585. The molecule has 3 nitrogen and oxygen atoms in total. The van der Waals surface area contributed by atoms with Gasteiger partial charge in [-0.15, -0.1) is 11.3 Å². The fourth-order valence-corrected chi connectivity index (χ4v) is 3.95. The molecular weight excluding hydrogens is 398 g/mol. The smallest absolute Gasteiger partial charge is 0.0900 e. The van der Waals surface area contributed by atoms with Crippen molar-refractivity contribution < 1.29 is 9.84 Å². The van der Waals surface area contributed by atoms with Gasteiger partial charge in [-0.3, -0.25) is 4.90 Å². The molecule has 0 aliphatic rings. The highest BCUT2D eigenvalue weighted by Crippen LogP contribution is 2.23. The van der Waals surface area contributed by atoms with Crippen LogP contribution >= 0.6 is 38.9 Å². The number of halogens is 2. The molecule has 0 radical (unpaired) electrons. The number of hydrogen-bond acceptors (Lipinski definition) is 4. The van der Waals surface area contributed by atoms with Crippen LogP contribution in [0.2, 0.25) is 5.02 Å². The molecule has 0 saturated carbocycles. The Labute approximate surface area is 155 Å². The first-order valence-corrected chi connectivity index (χ1v) is 9.40. The van der Waals surface area contributed by atoms with E-state index in [2.05, 4.69) is 26.9 Å². The first-order chi connectivity index (χ1) is 10.9. The molecule has 23 heavy (non-hydrogen) atoms. The Morgan fingerprint density at radius 1 is 1.26 bits per heavy atom. The minimum atomic E-state index is -0.516. The third-order valence-corrected chi connectivity index (χ3v) is 5.32. The zero-order chi connectivity index (χ0) is 16.8. The standard InChI is InChI=1S/C17H21BrClNO2S/c1-12(13-3-5-14(19)6-4-13)22-11-15(21)9-20(2)10-16-7-8-17(18)23-16/h3-8,12,15,21H,9-11H2,1-2H3. The summed E-state index contributed by atoms with van der Waals surface area (Å²) in [4.78, 5) is 3.36. The maximum absolute atomic E-state index is 10.1. The van der Waals surface area contributed by atoms with Crippen LogP contribution in [0.5, 0.6) is 0 Å². The molecule has 0 amide bonds. The quantitative estimate of drug-likeness (QED) is 0.672. The minimum Gasteiger partial charge on any atom is -0.389 e. The summed E-state index contributed by atoms with van der Waals surface area (Å²) in [7, 11) is 2.00. The van der Waals surface area contributed by atoms with Gasteiger partial charge in [-0.25, -0.2) is 0 Å². The predicted molar refractivity (Wildman–Crippen MR) is 100 cm³/mol. The van der Waals surface area contributed by atoms with Crippen LogP contribution in [0, 0.1) is 0 Å². The van der Waals surface area contributed by atoms with E-state index in [0.717, 1.165) is 15.9 Å². The average molecular weight is 419 g/mol. The Morgan fingerprint density at radius 2 is 1.96 bits per heavy atom. The topological polar surface area (TPSA) is 32.7 Å². The third-order valence-electron chi connectivity index (χ3n) is 3.46. The highest BCUT2D eigenvalue weighted by molar-refractivity contribution is 9.11. The Morgan fingerprint density at radius 3 is 2.57 bits per heavy atom. The highest BCUT2D eigenvalue weighted by atomic mass is 79.9. The van der Waals surface area contributed by atoms with Gasteiger partial charge in [0.05, 0.1) is 22.6 Å². The third kappa shape index (κ3) is 6.53. The van der Waals surface area contributed by atoms with Gasteiger partial charge in [0.25, 0.3) is 0 Å². The molecule has 2 unspecified atom stereocenters. The molecule has 0 spiro atoms. The lowest BCUT2D eigenvalue weighted by Crippen LogP contribution is -2.32. The number of aliphatic hydroxyl groups excluding tert-OH is 1. The Bertz CT molecular complexity index is 605. The van der Waals surface area contributed by atoms with Crippen molar-refractivity contribution in [3.63, 3.8) is 0 Å². The van der Waals surface area contributed by atoms with Gasteiger partial charge in [-0.1, -0.05) is 23.7 Å². The molecule has 0 saturated heterocycles. The van der Waals surface area contributed by atoms with Crippen LogP contribution in [0.25, 0.3) is 0 Å². The second-order valence-corrected chi connectivity index (χ2v) is 8.57. The lowest BCUT2D eigenvalue weighted by Gasteiger charge is -2.21. The summed E-state index contributed by atoms with van der Waals surface area (Å²) in [5.74, 6) is 0. The SMILES string of the molecule is CC(OCC(O)CN(C)Cc1ccc(Br)s1)c1ccc(Cl)cc1. The van der Waals surface area contributed by atoms with Crippen molar-refractivity contribution in [2.24, 2.45) is 0 Å². The van der Waals surface area contributed by atoms with E-state index in [9.17, 15) is 5.11 Å². The summed E-state index contributed by atoms with van der Waals surface area (Å²) in [5.41, 5.74) is 1.05. The fourth-order valence-electron chi connectivity index (χ4n) is 2.27. The molecule has 1 aromatic heterocycles. The minimum absolute atomic E-state index is 0.0690. The van der Waals surface area contributed by atoms with E-state index in [1.165, 1.54) is 4.88 Å². The van der Waals surface area contributed by atoms with E-state index in [-0.39, 0.29) is 6.10 Å². The summed E-state index contributed by atoms with van der Waals surface area (Å²) >= 11 is 11.1. The molecule has 0 bridgehead atoms. The van der Waals surface area contributed by atoms with Gasteiger partial charge in [-0.2, -0.15) is 0 Å². The number of aliphatic hydroxyl groups is 1. The van der Waals surface area contributed by atoms with E-state index in [1.807, 2.05) is 44.3 Å². The fraction of sp³-hybridized carbons (Fsp3) is 0.412. The van der Waals surface area contributed by atoms with Crippen LogP contribution in [0.15, 0.2) is 40.2 Å². The molecule has 2 rings (SSSR count). The van der Waals surface area contributed by atoms with Crippen LogP contribution in [0.1, 0.15) is 23.5 Å². The van der Waals surface area contributed by atoms with Crippen LogP contribution < -0.4 is 0 Å². The number of rotatable bonds is 8. The maximum atomic E-state index is 10.1. The largest absolute Gasteiger partial charge is 0.389 e. The Balaban J connectivity index is 1.73. The van der Waals surface area contributed by atoms with Crippen molar-refractivity contribution in [2.45, 2.75) is 25.7 Å². The summed E-state index contributed by atoms with van der Waals surface area (Å²) in [5, 5.41) is 10.9. The second kappa shape index (κ2) is 9.16. The monoisotopic (exact) mass is 417 g/mol. The molecule has 0 fully saturated rings. The number of nitrogens with zero attached hydrogens (tertiary/aromatic N) is 1. The van der Waals surface area contributed by atoms with Gasteiger partial charge in [0.2, 0.25) is 0 Å². The summed E-state index contributed by atoms with van der Waals surface area (Å²) in [6.45, 7) is 3.67. The van der Waals surface area contributed by atoms with Crippen molar-refractivity contribution in [1.29, 1.82) is 0 Å². The van der Waals surface area contributed by atoms with Gasteiger partial charge in [0, 0.05) is 23.0 Å². The van der Waals surface area contributed by atoms with E-state index in [1.54, 1.807) is 11.3 Å². The van der Waals surface area contributed by atoms with Gasteiger partial charge in [-0.05, 0) is 59.7 Å². The molecule has 2 atom stereocenters. The highest BCUT2D eigenvalue weighted by Gasteiger charge is 2.13. The van der Waals surface area contributed by atoms with Crippen LogP contribution in [-0.4, -0.2) is 36.3 Å². The van der Waals surface area contributed by atoms with Gasteiger partial charge >= 0.3 is 0 Å². The van der Waals surface area contributed by atoms with Crippen LogP contribution in [-0.2, 0) is 11.3 Å².